The molecule has 0 spiro atoms. The largest absolute Gasteiger partial charge is 0.329 e. The van der Waals surface area contributed by atoms with Gasteiger partial charge >= 0.3 is 0 Å². The summed E-state index contributed by atoms with van der Waals surface area (Å²) in [6, 6.07) is 3.51. The van der Waals surface area contributed by atoms with Gasteiger partial charge in [-0.15, -0.1) is 12.4 Å². The second-order valence-corrected chi connectivity index (χ2v) is 4.58. The summed E-state index contributed by atoms with van der Waals surface area (Å²) in [5, 5.41) is 7.05. The molecule has 6 nitrogen and oxygen atoms in total. The third kappa shape index (κ3) is 2.76. The van der Waals surface area contributed by atoms with Crippen molar-refractivity contribution in [3.63, 3.8) is 0 Å². The maximum Gasteiger partial charge on any atom is 0.233 e. The van der Waals surface area contributed by atoms with Crippen LogP contribution in [0.1, 0.15) is 26.7 Å². The summed E-state index contributed by atoms with van der Waals surface area (Å²) in [5.74, 6) is 0.544. The lowest BCUT2D eigenvalue weighted by atomic mass is 9.81. The summed E-state index contributed by atoms with van der Waals surface area (Å²) in [6.07, 6.45) is 4.71. The van der Waals surface area contributed by atoms with Crippen LogP contribution in [0.4, 0.5) is 5.82 Å². The van der Waals surface area contributed by atoms with Crippen LogP contribution in [0.2, 0.25) is 0 Å². The van der Waals surface area contributed by atoms with E-state index in [4.69, 9.17) is 5.73 Å². The van der Waals surface area contributed by atoms with Crippen molar-refractivity contribution in [2.45, 2.75) is 26.7 Å². The van der Waals surface area contributed by atoms with Gasteiger partial charge in [-0.05, 0) is 18.9 Å². The monoisotopic (exact) mass is 297 g/mol. The Balaban J connectivity index is 0.00000200. The molecule has 110 valence electrons. The number of carbonyl (C=O) groups is 1. The molecule has 0 saturated heterocycles. The molecule has 0 radical (unpaired) electrons. The topological polar surface area (TPSA) is 85.3 Å². The molecule has 0 aliphatic carbocycles. The van der Waals surface area contributed by atoms with Gasteiger partial charge in [0.25, 0.3) is 0 Å². The molecule has 0 bridgehead atoms. The van der Waals surface area contributed by atoms with E-state index >= 15 is 0 Å². The SMILES string of the molecule is CCC(CC)(CN)C(=O)Nc1ccnc2ccnn12.Cl. The van der Waals surface area contributed by atoms with E-state index in [2.05, 4.69) is 15.4 Å². The minimum Gasteiger partial charge on any atom is -0.329 e. The van der Waals surface area contributed by atoms with Gasteiger partial charge in [0.1, 0.15) is 5.82 Å². The van der Waals surface area contributed by atoms with Crippen molar-refractivity contribution in [3.8, 4) is 0 Å². The summed E-state index contributed by atoms with van der Waals surface area (Å²) in [4.78, 5) is 16.6. The average molecular weight is 298 g/mol. The molecular formula is C13H20ClN5O. The Bertz CT molecular complexity index is 571. The van der Waals surface area contributed by atoms with Crippen molar-refractivity contribution in [3.05, 3.63) is 24.5 Å². The number of nitrogens with two attached hydrogens (primary N) is 1. The van der Waals surface area contributed by atoms with Gasteiger partial charge in [-0.3, -0.25) is 4.79 Å². The highest BCUT2D eigenvalue weighted by Crippen LogP contribution is 2.26. The first-order valence-electron chi connectivity index (χ1n) is 6.47. The number of nitrogens with one attached hydrogen (secondary N) is 1. The summed E-state index contributed by atoms with van der Waals surface area (Å²) >= 11 is 0. The van der Waals surface area contributed by atoms with Crippen LogP contribution in [0.5, 0.6) is 0 Å². The first-order chi connectivity index (χ1) is 9.16. The van der Waals surface area contributed by atoms with Crippen LogP contribution in [0.15, 0.2) is 24.5 Å². The van der Waals surface area contributed by atoms with Crippen molar-refractivity contribution in [2.75, 3.05) is 11.9 Å². The molecule has 7 heteroatoms. The van der Waals surface area contributed by atoms with E-state index < -0.39 is 5.41 Å². The summed E-state index contributed by atoms with van der Waals surface area (Å²) < 4.78 is 1.60. The van der Waals surface area contributed by atoms with Gasteiger partial charge in [-0.2, -0.15) is 9.61 Å². The standard InChI is InChI=1S/C13H19N5O.ClH/c1-3-13(4-2,9-14)12(19)17-11-5-7-15-10-6-8-16-18(10)11;/h5-8H,3-4,9,14H2,1-2H3,(H,17,19);1H. The maximum atomic E-state index is 12.4. The Kier molecular flexibility index (Phi) is 5.47. The van der Waals surface area contributed by atoms with Gasteiger partial charge in [0.15, 0.2) is 5.65 Å². The van der Waals surface area contributed by atoms with E-state index in [1.807, 2.05) is 13.8 Å². The highest BCUT2D eigenvalue weighted by molar-refractivity contribution is 5.95. The van der Waals surface area contributed by atoms with Crippen LogP contribution in [0, 0.1) is 5.41 Å². The molecule has 2 heterocycles. The number of nitrogens with zero attached hydrogens (tertiary/aromatic N) is 3. The van der Waals surface area contributed by atoms with Crippen molar-refractivity contribution in [1.82, 2.24) is 14.6 Å². The summed E-state index contributed by atoms with van der Waals surface area (Å²) in [7, 11) is 0. The molecular weight excluding hydrogens is 278 g/mol. The lowest BCUT2D eigenvalue weighted by Gasteiger charge is -2.28. The zero-order chi connectivity index (χ0) is 13.9. The lowest BCUT2D eigenvalue weighted by Crippen LogP contribution is -2.41. The van der Waals surface area contributed by atoms with Gasteiger partial charge < -0.3 is 11.1 Å². The molecule has 0 atom stereocenters. The van der Waals surface area contributed by atoms with E-state index in [1.54, 1.807) is 29.0 Å². The Labute approximate surface area is 124 Å². The Morgan fingerprint density at radius 3 is 2.65 bits per heavy atom. The predicted molar refractivity (Wildman–Crippen MR) is 80.9 cm³/mol. The molecule has 0 aromatic carbocycles. The van der Waals surface area contributed by atoms with Crippen LogP contribution in [0.3, 0.4) is 0 Å². The van der Waals surface area contributed by atoms with Crippen LogP contribution < -0.4 is 11.1 Å². The zero-order valence-corrected chi connectivity index (χ0v) is 12.5. The maximum absolute atomic E-state index is 12.4. The second kappa shape index (κ2) is 6.67. The van der Waals surface area contributed by atoms with Gasteiger partial charge in [-0.1, -0.05) is 13.8 Å². The predicted octanol–water partition coefficient (Wildman–Crippen LogP) is 1.85. The highest BCUT2D eigenvalue weighted by Gasteiger charge is 2.33. The van der Waals surface area contributed by atoms with Gasteiger partial charge in [0, 0.05) is 18.8 Å². The Hall–Kier alpha value is -1.66. The number of carbonyl (C=O) groups excluding carboxylic acids is 1. The van der Waals surface area contributed by atoms with Crippen molar-refractivity contribution < 1.29 is 4.79 Å². The number of fused-ring (bicyclic) bond motifs is 1. The highest BCUT2D eigenvalue weighted by atomic mass is 35.5. The molecule has 0 unspecified atom stereocenters. The first kappa shape index (κ1) is 16.4. The van der Waals surface area contributed by atoms with E-state index in [0.717, 1.165) is 0 Å². The molecule has 0 saturated carbocycles. The number of halogens is 1. The number of hydrogen-bond donors (Lipinski definition) is 2. The first-order valence-corrected chi connectivity index (χ1v) is 6.47. The molecule has 2 aromatic rings. The van der Waals surface area contributed by atoms with Crippen molar-refractivity contribution in [1.29, 1.82) is 0 Å². The number of hydrogen-bond acceptors (Lipinski definition) is 4. The molecule has 0 fully saturated rings. The van der Waals surface area contributed by atoms with Crippen LogP contribution in [0.25, 0.3) is 5.65 Å². The van der Waals surface area contributed by atoms with E-state index in [9.17, 15) is 4.79 Å². The third-order valence-corrected chi connectivity index (χ3v) is 3.76. The summed E-state index contributed by atoms with van der Waals surface area (Å²) in [5.41, 5.74) is 5.95. The fraction of sp³-hybridized carbons (Fsp3) is 0.462. The normalized spacial score (nSPS) is 11.2. The minimum absolute atomic E-state index is 0. The Morgan fingerprint density at radius 1 is 1.35 bits per heavy atom. The van der Waals surface area contributed by atoms with Crippen LogP contribution in [-0.4, -0.2) is 27.0 Å². The molecule has 2 rings (SSSR count). The Morgan fingerprint density at radius 2 is 2.05 bits per heavy atom. The molecule has 0 aliphatic heterocycles. The molecule has 2 aromatic heterocycles. The molecule has 20 heavy (non-hydrogen) atoms. The zero-order valence-electron chi connectivity index (χ0n) is 11.7. The molecule has 1 amide bonds. The van der Waals surface area contributed by atoms with Gasteiger partial charge in [-0.25, -0.2) is 4.98 Å². The van der Waals surface area contributed by atoms with E-state index in [-0.39, 0.29) is 18.3 Å². The molecule has 3 N–H and O–H groups in total. The number of anilines is 1. The minimum atomic E-state index is -0.525. The number of amides is 1. The third-order valence-electron chi connectivity index (χ3n) is 3.76. The van der Waals surface area contributed by atoms with Crippen molar-refractivity contribution >= 4 is 29.8 Å². The average Bonchev–Trinajstić information content (AvgIpc) is 2.91. The smallest absolute Gasteiger partial charge is 0.233 e. The van der Waals surface area contributed by atoms with Gasteiger partial charge in [0.2, 0.25) is 5.91 Å². The summed E-state index contributed by atoms with van der Waals surface area (Å²) in [6.45, 7) is 4.29. The fourth-order valence-electron chi connectivity index (χ4n) is 2.13. The van der Waals surface area contributed by atoms with E-state index in [1.165, 1.54) is 0 Å². The quantitative estimate of drug-likeness (QED) is 0.882. The number of rotatable bonds is 5. The lowest BCUT2D eigenvalue weighted by molar-refractivity contribution is -0.125. The fourth-order valence-corrected chi connectivity index (χ4v) is 2.13. The van der Waals surface area contributed by atoms with Gasteiger partial charge in [0.05, 0.1) is 11.6 Å². The van der Waals surface area contributed by atoms with Crippen molar-refractivity contribution in [2.24, 2.45) is 11.1 Å². The number of aromatic nitrogens is 3. The second-order valence-electron chi connectivity index (χ2n) is 4.58. The van der Waals surface area contributed by atoms with Crippen LogP contribution >= 0.6 is 12.4 Å². The van der Waals surface area contributed by atoms with E-state index in [0.29, 0.717) is 30.9 Å². The van der Waals surface area contributed by atoms with Crippen LogP contribution in [-0.2, 0) is 4.79 Å². The molecule has 0 aliphatic rings.